The van der Waals surface area contributed by atoms with Gasteiger partial charge in [0.1, 0.15) is 11.3 Å². The molecule has 9 nitrogen and oxygen atoms in total. The van der Waals surface area contributed by atoms with Crippen molar-refractivity contribution in [2.75, 3.05) is 5.01 Å². The van der Waals surface area contributed by atoms with E-state index in [9.17, 15) is 14.0 Å². The van der Waals surface area contributed by atoms with Crippen molar-refractivity contribution in [2.45, 2.75) is 0 Å². The molecule has 2 heterocycles. The normalized spacial score (nSPS) is 11.7. The Kier molecular flexibility index (Phi) is 4.16. The third-order valence-electron chi connectivity index (χ3n) is 3.87. The second kappa shape index (κ2) is 6.31. The van der Waals surface area contributed by atoms with Crippen molar-refractivity contribution >= 4 is 29.3 Å². The Labute approximate surface area is 146 Å². The number of nitrogens with two attached hydrogens (primary N) is 1. The summed E-state index contributed by atoms with van der Waals surface area (Å²) in [5.74, 6) is -0.196. The van der Waals surface area contributed by atoms with E-state index in [-0.39, 0.29) is 28.5 Å². The standard InChI is InChI=1S/C16H16FN7O2/c1-19-24(10-6-4-9(17)5-7-10)8-11(18)13-20-12-14(21-13)22(2)16(26)23(3)15(12)25/h4-8H,1,18H2,2-3H3,(H,20,21)/b11-8-. The van der Waals surface area contributed by atoms with E-state index in [1.54, 1.807) is 0 Å². The first kappa shape index (κ1) is 17.1. The van der Waals surface area contributed by atoms with Crippen LogP contribution in [0.1, 0.15) is 5.82 Å². The molecule has 0 radical (unpaired) electrons. The third-order valence-corrected chi connectivity index (χ3v) is 3.87. The fourth-order valence-corrected chi connectivity index (χ4v) is 2.45. The van der Waals surface area contributed by atoms with Gasteiger partial charge in [-0.3, -0.25) is 13.9 Å². The Morgan fingerprint density at radius 1 is 1.31 bits per heavy atom. The van der Waals surface area contributed by atoms with Gasteiger partial charge in [0.25, 0.3) is 5.56 Å². The number of nitrogens with one attached hydrogen (secondary N) is 1. The van der Waals surface area contributed by atoms with Crippen LogP contribution in [0.25, 0.3) is 16.9 Å². The van der Waals surface area contributed by atoms with Crippen molar-refractivity contribution in [3.8, 4) is 0 Å². The van der Waals surface area contributed by atoms with Crippen LogP contribution in [-0.4, -0.2) is 25.8 Å². The third kappa shape index (κ3) is 2.77. The predicted molar refractivity (Wildman–Crippen MR) is 97.2 cm³/mol. The number of H-pyrrole nitrogens is 1. The molecule has 0 spiro atoms. The second-order valence-electron chi connectivity index (χ2n) is 5.54. The number of halogens is 1. The van der Waals surface area contributed by atoms with E-state index in [1.165, 1.54) is 54.1 Å². The number of aromatic amines is 1. The number of rotatable bonds is 4. The molecule has 1 aromatic carbocycles. The van der Waals surface area contributed by atoms with E-state index in [4.69, 9.17) is 5.73 Å². The summed E-state index contributed by atoms with van der Waals surface area (Å²) in [4.78, 5) is 31.2. The van der Waals surface area contributed by atoms with Crippen molar-refractivity contribution in [3.63, 3.8) is 0 Å². The van der Waals surface area contributed by atoms with E-state index >= 15 is 0 Å². The number of hydrogen-bond acceptors (Lipinski definition) is 6. The SMILES string of the molecule is C=NN(/C=C(\N)c1nc2c([nH]1)c(=O)n(C)c(=O)n2C)c1ccc(F)cc1. The highest BCUT2D eigenvalue weighted by Crippen LogP contribution is 2.18. The van der Waals surface area contributed by atoms with Gasteiger partial charge in [0.2, 0.25) is 0 Å². The van der Waals surface area contributed by atoms with Gasteiger partial charge in [0, 0.05) is 20.8 Å². The summed E-state index contributed by atoms with van der Waals surface area (Å²) >= 11 is 0. The van der Waals surface area contributed by atoms with Gasteiger partial charge < -0.3 is 10.7 Å². The zero-order chi connectivity index (χ0) is 19.0. The highest BCUT2D eigenvalue weighted by molar-refractivity contribution is 5.75. The van der Waals surface area contributed by atoms with Gasteiger partial charge in [0.05, 0.1) is 17.6 Å². The molecule has 10 heteroatoms. The van der Waals surface area contributed by atoms with Gasteiger partial charge >= 0.3 is 5.69 Å². The van der Waals surface area contributed by atoms with Crippen molar-refractivity contribution in [3.05, 3.63) is 62.9 Å². The highest BCUT2D eigenvalue weighted by Gasteiger charge is 2.15. The Morgan fingerprint density at radius 3 is 2.58 bits per heavy atom. The largest absolute Gasteiger partial charge is 0.394 e. The molecule has 0 saturated carbocycles. The monoisotopic (exact) mass is 357 g/mol. The van der Waals surface area contributed by atoms with Crippen LogP contribution in [0.15, 0.2) is 45.2 Å². The summed E-state index contributed by atoms with van der Waals surface area (Å²) in [7, 11) is 2.88. The van der Waals surface area contributed by atoms with Gasteiger partial charge in [-0.15, -0.1) is 0 Å². The Balaban J connectivity index is 2.09. The maximum atomic E-state index is 13.1. The van der Waals surface area contributed by atoms with Crippen LogP contribution < -0.4 is 22.0 Å². The summed E-state index contributed by atoms with van der Waals surface area (Å²) in [5.41, 5.74) is 6.06. The first-order chi connectivity index (χ1) is 12.3. The lowest BCUT2D eigenvalue weighted by Crippen LogP contribution is -2.36. The molecule has 3 N–H and O–H groups in total. The lowest BCUT2D eigenvalue weighted by molar-refractivity contribution is 0.628. The van der Waals surface area contributed by atoms with Gasteiger partial charge in [-0.25, -0.2) is 19.2 Å². The molecular weight excluding hydrogens is 341 g/mol. The van der Waals surface area contributed by atoms with E-state index < -0.39 is 11.2 Å². The predicted octanol–water partition coefficient (Wildman–Crippen LogP) is 0.479. The maximum absolute atomic E-state index is 13.1. The molecule has 0 amide bonds. The molecule has 0 aliphatic rings. The van der Waals surface area contributed by atoms with Crippen molar-refractivity contribution in [1.82, 2.24) is 19.1 Å². The summed E-state index contributed by atoms with van der Waals surface area (Å²) in [6.45, 7) is 3.45. The number of anilines is 1. The van der Waals surface area contributed by atoms with Crippen molar-refractivity contribution in [2.24, 2.45) is 24.9 Å². The average Bonchev–Trinajstić information content (AvgIpc) is 3.09. The van der Waals surface area contributed by atoms with E-state index in [0.717, 1.165) is 4.57 Å². The fraction of sp³-hybridized carbons (Fsp3) is 0.125. The number of hydrazone groups is 1. The van der Waals surface area contributed by atoms with Crippen LogP contribution in [-0.2, 0) is 14.1 Å². The molecule has 0 aliphatic heterocycles. The minimum atomic E-state index is -0.508. The van der Waals surface area contributed by atoms with Crippen LogP contribution in [0.5, 0.6) is 0 Å². The second-order valence-corrected chi connectivity index (χ2v) is 5.54. The summed E-state index contributed by atoms with van der Waals surface area (Å²) < 4.78 is 15.3. The zero-order valence-corrected chi connectivity index (χ0v) is 14.1. The molecule has 3 aromatic rings. The summed E-state index contributed by atoms with van der Waals surface area (Å²) in [6.07, 6.45) is 1.42. The van der Waals surface area contributed by atoms with Crippen LogP contribution in [0.2, 0.25) is 0 Å². The number of fused-ring (bicyclic) bond motifs is 1. The number of aromatic nitrogens is 4. The minimum absolute atomic E-state index is 0.146. The number of aryl methyl sites for hydroxylation is 1. The van der Waals surface area contributed by atoms with Crippen molar-refractivity contribution in [1.29, 1.82) is 0 Å². The quantitative estimate of drug-likeness (QED) is 0.521. The van der Waals surface area contributed by atoms with Crippen LogP contribution in [0.4, 0.5) is 10.1 Å². The Bertz CT molecular complexity index is 1140. The molecular formula is C16H16FN7O2. The van der Waals surface area contributed by atoms with Crippen LogP contribution in [0.3, 0.4) is 0 Å². The lowest BCUT2D eigenvalue weighted by Gasteiger charge is -2.14. The first-order valence-corrected chi connectivity index (χ1v) is 7.48. The van der Waals surface area contributed by atoms with Gasteiger partial charge in [-0.05, 0) is 24.3 Å². The molecule has 0 fully saturated rings. The molecule has 26 heavy (non-hydrogen) atoms. The first-order valence-electron chi connectivity index (χ1n) is 7.48. The van der Waals surface area contributed by atoms with Crippen LogP contribution >= 0.6 is 0 Å². The Hall–Kier alpha value is -3.69. The van der Waals surface area contributed by atoms with Gasteiger partial charge in [0.15, 0.2) is 11.5 Å². The zero-order valence-electron chi connectivity index (χ0n) is 14.1. The van der Waals surface area contributed by atoms with E-state index in [2.05, 4.69) is 21.8 Å². The number of benzene rings is 1. The Morgan fingerprint density at radius 2 is 1.96 bits per heavy atom. The van der Waals surface area contributed by atoms with E-state index in [0.29, 0.717) is 5.69 Å². The molecule has 0 bridgehead atoms. The summed E-state index contributed by atoms with van der Waals surface area (Å²) in [5, 5.41) is 5.14. The van der Waals surface area contributed by atoms with Gasteiger partial charge in [-0.2, -0.15) is 5.10 Å². The molecule has 0 atom stereocenters. The molecule has 3 rings (SSSR count). The van der Waals surface area contributed by atoms with Crippen molar-refractivity contribution < 1.29 is 4.39 Å². The van der Waals surface area contributed by atoms with E-state index in [1.807, 2.05) is 0 Å². The molecule has 0 aliphatic carbocycles. The fourth-order valence-electron chi connectivity index (χ4n) is 2.45. The smallest absolute Gasteiger partial charge is 0.332 e. The number of imidazole rings is 1. The number of nitrogens with zero attached hydrogens (tertiary/aromatic N) is 5. The highest BCUT2D eigenvalue weighted by atomic mass is 19.1. The average molecular weight is 357 g/mol. The summed E-state index contributed by atoms with van der Waals surface area (Å²) in [6, 6.07) is 5.56. The number of hydrogen-bond donors (Lipinski definition) is 2. The lowest BCUT2D eigenvalue weighted by atomic mass is 10.3. The molecule has 134 valence electrons. The van der Waals surface area contributed by atoms with Gasteiger partial charge in [-0.1, -0.05) is 0 Å². The maximum Gasteiger partial charge on any atom is 0.332 e. The molecule has 2 aromatic heterocycles. The topological polar surface area (TPSA) is 114 Å². The molecule has 0 saturated heterocycles. The van der Waals surface area contributed by atoms with Crippen LogP contribution in [0, 0.1) is 5.82 Å². The minimum Gasteiger partial charge on any atom is -0.394 e. The molecule has 0 unspecified atom stereocenters.